The summed E-state index contributed by atoms with van der Waals surface area (Å²) in [5.41, 5.74) is 10.8. The van der Waals surface area contributed by atoms with Gasteiger partial charge in [-0.1, -0.05) is 44.2 Å². The van der Waals surface area contributed by atoms with Gasteiger partial charge in [-0.25, -0.2) is 9.97 Å². The second-order valence-electron chi connectivity index (χ2n) is 11.1. The zero-order valence-corrected chi connectivity index (χ0v) is 20.9. The van der Waals surface area contributed by atoms with Gasteiger partial charge in [-0.2, -0.15) is 0 Å². The van der Waals surface area contributed by atoms with Gasteiger partial charge in [0.1, 0.15) is 6.61 Å². The molecule has 0 aliphatic heterocycles. The van der Waals surface area contributed by atoms with Gasteiger partial charge in [0, 0.05) is 25.2 Å². The van der Waals surface area contributed by atoms with Crippen molar-refractivity contribution in [2.24, 2.45) is 13.0 Å². The SMILES string of the molecule is Cn1cnc2cccc(C3CC(C)(C)c4ccc(COc5cc6c(cn5)C5CC5C6)cc43)c21.O=CO. The van der Waals surface area contributed by atoms with E-state index >= 15 is 0 Å². The van der Waals surface area contributed by atoms with Gasteiger partial charge in [0.2, 0.25) is 5.88 Å². The zero-order chi connectivity index (χ0) is 25.0. The number of nitrogens with zero attached hydrogens (tertiary/aromatic N) is 3. The monoisotopic (exact) mass is 481 g/mol. The van der Waals surface area contributed by atoms with Crippen molar-refractivity contribution in [1.82, 2.24) is 14.5 Å². The maximum absolute atomic E-state index is 8.36. The highest BCUT2D eigenvalue weighted by Gasteiger charge is 2.45. The molecular weight excluding hydrogens is 450 g/mol. The van der Waals surface area contributed by atoms with E-state index in [1.165, 1.54) is 51.7 Å². The molecule has 1 saturated carbocycles. The molecule has 1 fully saturated rings. The van der Waals surface area contributed by atoms with E-state index in [0.717, 1.165) is 29.7 Å². The van der Waals surface area contributed by atoms with Crippen LogP contribution in [0.25, 0.3) is 11.0 Å². The molecule has 3 aliphatic rings. The Bertz CT molecular complexity index is 1470. The van der Waals surface area contributed by atoms with Crippen molar-refractivity contribution in [2.75, 3.05) is 0 Å². The minimum Gasteiger partial charge on any atom is -0.483 e. The third-order valence-corrected chi connectivity index (χ3v) is 8.27. The topological polar surface area (TPSA) is 77.2 Å². The summed E-state index contributed by atoms with van der Waals surface area (Å²) in [6, 6.07) is 15.6. The summed E-state index contributed by atoms with van der Waals surface area (Å²) in [6.45, 7) is 5.03. The van der Waals surface area contributed by atoms with Crippen LogP contribution in [0, 0.1) is 5.92 Å². The lowest BCUT2D eigenvalue weighted by Crippen LogP contribution is -2.12. The number of carbonyl (C=O) groups is 1. The Morgan fingerprint density at radius 2 is 1.97 bits per heavy atom. The molecule has 3 aliphatic carbocycles. The third kappa shape index (κ3) is 3.76. The predicted molar refractivity (Wildman–Crippen MR) is 138 cm³/mol. The normalized spacial score (nSPS) is 22.2. The number of imidazole rings is 1. The molecule has 6 heteroatoms. The van der Waals surface area contributed by atoms with Crippen LogP contribution in [0.1, 0.15) is 71.9 Å². The Labute approximate surface area is 211 Å². The van der Waals surface area contributed by atoms with Gasteiger partial charge in [-0.05, 0) is 76.0 Å². The smallest absolute Gasteiger partial charge is 0.290 e. The van der Waals surface area contributed by atoms with Crippen molar-refractivity contribution in [3.8, 4) is 5.88 Å². The molecule has 7 rings (SSSR count). The van der Waals surface area contributed by atoms with E-state index in [-0.39, 0.29) is 11.9 Å². The van der Waals surface area contributed by atoms with Crippen molar-refractivity contribution in [3.05, 3.63) is 88.4 Å². The minimum atomic E-state index is -0.250. The summed E-state index contributed by atoms with van der Waals surface area (Å²) >= 11 is 0. The number of aryl methyl sites for hydroxylation is 1. The number of hydrogen-bond donors (Lipinski definition) is 1. The van der Waals surface area contributed by atoms with Gasteiger partial charge < -0.3 is 14.4 Å². The number of ether oxygens (including phenoxy) is 1. The molecule has 0 radical (unpaired) electrons. The molecule has 0 bridgehead atoms. The number of pyridine rings is 1. The van der Waals surface area contributed by atoms with E-state index in [2.05, 4.69) is 84.1 Å². The Kier molecular flexibility index (Phi) is 5.36. The van der Waals surface area contributed by atoms with Gasteiger partial charge in [0.05, 0.1) is 17.4 Å². The second kappa shape index (κ2) is 8.47. The number of hydrogen-bond acceptors (Lipinski definition) is 4. The molecule has 2 heterocycles. The standard InChI is InChI=1S/C29H29N3O.CH2O2/c1-29(2)13-23(20-5-4-6-26-28(20)32(3)16-31-26)22-9-17(7-8-25(22)29)15-33-27-12-19-10-18-11-21(18)24(19)14-30-27;2-1-3/h4-9,12,14,16,18,21,23H,10-11,13,15H2,1-3H3;1H,(H,2,3). The van der Waals surface area contributed by atoms with E-state index < -0.39 is 0 Å². The number of carboxylic acid groups (broad SMARTS) is 1. The summed E-state index contributed by atoms with van der Waals surface area (Å²) < 4.78 is 8.33. The summed E-state index contributed by atoms with van der Waals surface area (Å²) in [7, 11) is 2.09. The maximum atomic E-state index is 8.36. The van der Waals surface area contributed by atoms with E-state index in [9.17, 15) is 0 Å². The molecule has 1 N–H and O–H groups in total. The first-order valence-electron chi connectivity index (χ1n) is 12.6. The number of rotatable bonds is 4. The number of para-hydroxylation sites is 1. The quantitative estimate of drug-likeness (QED) is 0.377. The highest BCUT2D eigenvalue weighted by Crippen LogP contribution is 2.56. The third-order valence-electron chi connectivity index (χ3n) is 8.27. The molecule has 0 amide bonds. The molecular formula is C30H31N3O3. The first-order valence-corrected chi connectivity index (χ1v) is 12.6. The fourth-order valence-electron chi connectivity index (χ4n) is 6.51. The van der Waals surface area contributed by atoms with Gasteiger partial charge in [-0.15, -0.1) is 0 Å². The molecule has 36 heavy (non-hydrogen) atoms. The van der Waals surface area contributed by atoms with Crippen LogP contribution in [-0.4, -0.2) is 26.1 Å². The van der Waals surface area contributed by atoms with Crippen LogP contribution in [0.3, 0.4) is 0 Å². The van der Waals surface area contributed by atoms with Crippen LogP contribution in [0.5, 0.6) is 5.88 Å². The van der Waals surface area contributed by atoms with E-state index in [1.807, 2.05) is 6.33 Å². The van der Waals surface area contributed by atoms with Gasteiger partial charge in [0.15, 0.2) is 0 Å². The average Bonchev–Trinajstić information content (AvgIpc) is 3.25. The van der Waals surface area contributed by atoms with Crippen LogP contribution < -0.4 is 4.74 Å². The summed E-state index contributed by atoms with van der Waals surface area (Å²) in [5, 5.41) is 6.89. The molecule has 0 saturated heterocycles. The predicted octanol–water partition coefficient (Wildman–Crippen LogP) is 5.72. The number of fused-ring (bicyclic) bond motifs is 5. The van der Waals surface area contributed by atoms with E-state index in [0.29, 0.717) is 12.5 Å². The summed E-state index contributed by atoms with van der Waals surface area (Å²) in [6.07, 6.45) is 7.64. The second-order valence-corrected chi connectivity index (χ2v) is 11.1. The van der Waals surface area contributed by atoms with Crippen molar-refractivity contribution in [3.63, 3.8) is 0 Å². The lowest BCUT2D eigenvalue weighted by molar-refractivity contribution is -0.122. The molecule has 6 nitrogen and oxygen atoms in total. The summed E-state index contributed by atoms with van der Waals surface area (Å²) in [5.74, 6) is 2.77. The Morgan fingerprint density at radius 1 is 1.14 bits per heavy atom. The zero-order valence-electron chi connectivity index (χ0n) is 20.9. The fraction of sp³-hybridized carbons (Fsp3) is 0.367. The minimum absolute atomic E-state index is 0.141. The lowest BCUT2D eigenvalue weighted by atomic mass is 9.85. The van der Waals surface area contributed by atoms with Gasteiger partial charge in [0.25, 0.3) is 6.47 Å². The van der Waals surface area contributed by atoms with Crippen LogP contribution in [0.15, 0.2) is 55.0 Å². The molecule has 2 aromatic carbocycles. The van der Waals surface area contributed by atoms with E-state index in [4.69, 9.17) is 14.6 Å². The van der Waals surface area contributed by atoms with Gasteiger partial charge >= 0.3 is 0 Å². The highest BCUT2D eigenvalue weighted by atomic mass is 16.5. The van der Waals surface area contributed by atoms with Crippen LogP contribution in [-0.2, 0) is 30.3 Å². The lowest BCUT2D eigenvalue weighted by Gasteiger charge is -2.19. The highest BCUT2D eigenvalue weighted by molar-refractivity contribution is 5.80. The van der Waals surface area contributed by atoms with Crippen molar-refractivity contribution >= 4 is 17.5 Å². The molecule has 2 aromatic heterocycles. The van der Waals surface area contributed by atoms with Crippen LogP contribution >= 0.6 is 0 Å². The number of benzene rings is 2. The van der Waals surface area contributed by atoms with Crippen molar-refractivity contribution in [1.29, 1.82) is 0 Å². The fourth-order valence-corrected chi connectivity index (χ4v) is 6.51. The molecule has 3 unspecified atom stereocenters. The summed E-state index contributed by atoms with van der Waals surface area (Å²) in [4.78, 5) is 17.6. The Balaban J connectivity index is 0.000000765. The first kappa shape index (κ1) is 22.8. The molecule has 4 aromatic rings. The molecule has 3 atom stereocenters. The number of aromatic nitrogens is 3. The van der Waals surface area contributed by atoms with Crippen molar-refractivity contribution < 1.29 is 14.6 Å². The molecule has 184 valence electrons. The average molecular weight is 482 g/mol. The first-order chi connectivity index (χ1) is 17.4. The maximum Gasteiger partial charge on any atom is 0.290 e. The van der Waals surface area contributed by atoms with E-state index in [1.54, 1.807) is 0 Å². The Hall–Kier alpha value is -3.67. The largest absolute Gasteiger partial charge is 0.483 e. The van der Waals surface area contributed by atoms with Gasteiger partial charge in [-0.3, -0.25) is 4.79 Å². The van der Waals surface area contributed by atoms with Crippen LogP contribution in [0.2, 0.25) is 0 Å². The van der Waals surface area contributed by atoms with Crippen LogP contribution in [0.4, 0.5) is 0 Å². The van der Waals surface area contributed by atoms with Crippen molar-refractivity contribution in [2.45, 2.75) is 57.0 Å². The molecule has 0 spiro atoms. The Morgan fingerprint density at radius 3 is 2.81 bits per heavy atom.